The third-order valence-electron chi connectivity index (χ3n) is 3.18. The fourth-order valence-corrected chi connectivity index (χ4v) is 3.59. The topological polar surface area (TPSA) is 75.3 Å². The van der Waals surface area contributed by atoms with Gasteiger partial charge in [-0.25, -0.2) is 8.42 Å². The molecule has 0 atom stereocenters. The number of anilines is 1. The zero-order valence-corrected chi connectivity index (χ0v) is 14.8. The summed E-state index contributed by atoms with van der Waals surface area (Å²) in [6.45, 7) is -1.40. The molecule has 2 aromatic carbocycles. The molecule has 5 nitrogen and oxygen atoms in total. The molecule has 0 fully saturated rings. The summed E-state index contributed by atoms with van der Waals surface area (Å²) in [5, 5.41) is 1.83. The molecular formula is C16H14ClF3N2O3S. The van der Waals surface area contributed by atoms with Crippen LogP contribution in [0.3, 0.4) is 0 Å². The predicted molar refractivity (Wildman–Crippen MR) is 91.5 cm³/mol. The smallest absolute Gasteiger partial charge is 0.347 e. The van der Waals surface area contributed by atoms with Gasteiger partial charge < -0.3 is 5.32 Å². The van der Waals surface area contributed by atoms with Gasteiger partial charge in [0.1, 0.15) is 11.4 Å². The van der Waals surface area contributed by atoms with Gasteiger partial charge in [0.15, 0.2) is 0 Å². The average Bonchev–Trinajstić information content (AvgIpc) is 2.54. The number of halogens is 4. The fraction of sp³-hybridized carbons (Fsp3) is 0.188. The van der Waals surface area contributed by atoms with Crippen LogP contribution in [0.25, 0.3) is 0 Å². The van der Waals surface area contributed by atoms with Crippen LogP contribution < -0.4 is 10.0 Å². The third-order valence-corrected chi connectivity index (χ3v) is 5.06. The minimum atomic E-state index is -4.48. The molecular weight excluding hydrogens is 393 g/mol. The lowest BCUT2D eigenvalue weighted by Crippen LogP contribution is -2.34. The summed E-state index contributed by atoms with van der Waals surface area (Å²) in [7, 11) is -3.89. The van der Waals surface area contributed by atoms with Crippen molar-refractivity contribution in [3.05, 3.63) is 59.1 Å². The Morgan fingerprint density at radius 2 is 1.65 bits per heavy atom. The van der Waals surface area contributed by atoms with E-state index >= 15 is 0 Å². The number of alkyl halides is 3. The van der Waals surface area contributed by atoms with Gasteiger partial charge in [0.05, 0.1) is 11.4 Å². The lowest BCUT2D eigenvalue weighted by molar-refractivity contribution is -0.138. The van der Waals surface area contributed by atoms with Crippen LogP contribution in [-0.4, -0.2) is 27.0 Å². The Hall–Kier alpha value is -2.26. The van der Waals surface area contributed by atoms with Gasteiger partial charge in [-0.15, -0.1) is 0 Å². The summed E-state index contributed by atoms with van der Waals surface area (Å²) in [4.78, 5) is 11.4. The van der Waals surface area contributed by atoms with E-state index in [4.69, 9.17) is 11.6 Å². The average molecular weight is 407 g/mol. The standard InChI is InChI=1S/C16H14ClF3N2O3S/c17-13-3-1-2-4-14(13)26(24,25)22-12-7-5-11(6-8-12)9-15(23)21-10-16(18,19)20/h1-8,22H,9-10H2,(H,21,23). The lowest BCUT2D eigenvalue weighted by Gasteiger charge is -2.10. The van der Waals surface area contributed by atoms with Crippen LogP contribution in [0.5, 0.6) is 0 Å². The Labute approximate surface area is 153 Å². The number of hydrogen-bond acceptors (Lipinski definition) is 3. The van der Waals surface area contributed by atoms with Crippen LogP contribution >= 0.6 is 11.6 Å². The molecule has 0 saturated heterocycles. The van der Waals surface area contributed by atoms with Crippen LogP contribution in [0.2, 0.25) is 5.02 Å². The van der Waals surface area contributed by atoms with Crippen molar-refractivity contribution in [1.82, 2.24) is 5.32 Å². The fourth-order valence-electron chi connectivity index (χ4n) is 2.01. The number of hydrogen-bond donors (Lipinski definition) is 2. The molecule has 0 aliphatic heterocycles. The van der Waals surface area contributed by atoms with Crippen molar-refractivity contribution in [2.75, 3.05) is 11.3 Å². The molecule has 1 amide bonds. The van der Waals surface area contributed by atoms with E-state index in [1.807, 2.05) is 0 Å². The van der Waals surface area contributed by atoms with Crippen LogP contribution in [0.4, 0.5) is 18.9 Å². The highest BCUT2D eigenvalue weighted by Crippen LogP contribution is 2.23. The lowest BCUT2D eigenvalue weighted by atomic mass is 10.1. The van der Waals surface area contributed by atoms with E-state index in [0.717, 1.165) is 0 Å². The molecule has 0 unspecified atom stereocenters. The molecule has 0 aliphatic rings. The van der Waals surface area contributed by atoms with E-state index in [1.165, 1.54) is 42.5 Å². The van der Waals surface area contributed by atoms with Crippen molar-refractivity contribution < 1.29 is 26.4 Å². The minimum Gasteiger partial charge on any atom is -0.347 e. The first-order valence-corrected chi connectivity index (χ1v) is 9.13. The van der Waals surface area contributed by atoms with Crippen molar-refractivity contribution in [1.29, 1.82) is 0 Å². The van der Waals surface area contributed by atoms with Gasteiger partial charge in [-0.1, -0.05) is 35.9 Å². The highest BCUT2D eigenvalue weighted by atomic mass is 35.5. The molecule has 140 valence electrons. The highest BCUT2D eigenvalue weighted by molar-refractivity contribution is 7.92. The summed E-state index contributed by atoms with van der Waals surface area (Å²) < 4.78 is 63.1. The molecule has 0 spiro atoms. The first kappa shape index (κ1) is 20.1. The Balaban J connectivity index is 2.01. The maximum Gasteiger partial charge on any atom is 0.405 e. The van der Waals surface area contributed by atoms with Crippen molar-refractivity contribution in [2.24, 2.45) is 0 Å². The van der Waals surface area contributed by atoms with Gasteiger partial charge in [0.2, 0.25) is 5.91 Å². The van der Waals surface area contributed by atoms with Crippen molar-refractivity contribution in [3.63, 3.8) is 0 Å². The van der Waals surface area contributed by atoms with Crippen LogP contribution in [-0.2, 0) is 21.2 Å². The zero-order chi connectivity index (χ0) is 19.4. The first-order valence-electron chi connectivity index (χ1n) is 7.26. The maximum absolute atomic E-state index is 12.3. The molecule has 0 saturated carbocycles. The largest absolute Gasteiger partial charge is 0.405 e. The first-order chi connectivity index (χ1) is 12.1. The Kier molecular flexibility index (Phi) is 6.14. The van der Waals surface area contributed by atoms with E-state index in [9.17, 15) is 26.4 Å². The van der Waals surface area contributed by atoms with Gasteiger partial charge in [0.25, 0.3) is 10.0 Å². The van der Waals surface area contributed by atoms with E-state index in [0.29, 0.717) is 5.56 Å². The number of nitrogens with one attached hydrogen (secondary N) is 2. The normalized spacial score (nSPS) is 11.8. The van der Waals surface area contributed by atoms with Crippen LogP contribution in [0.15, 0.2) is 53.4 Å². The van der Waals surface area contributed by atoms with Crippen molar-refractivity contribution in [3.8, 4) is 0 Å². The molecule has 0 heterocycles. The summed E-state index contributed by atoms with van der Waals surface area (Å²) in [6, 6.07) is 11.6. The number of amides is 1. The summed E-state index contributed by atoms with van der Waals surface area (Å²) in [6.07, 6.45) is -4.73. The van der Waals surface area contributed by atoms with Gasteiger partial charge in [-0.3, -0.25) is 9.52 Å². The molecule has 26 heavy (non-hydrogen) atoms. The summed E-state index contributed by atoms with van der Waals surface area (Å²) >= 11 is 5.88. The molecule has 2 rings (SSSR count). The zero-order valence-electron chi connectivity index (χ0n) is 13.2. The second-order valence-electron chi connectivity index (χ2n) is 5.30. The third kappa shape index (κ3) is 5.92. The number of sulfonamides is 1. The molecule has 0 bridgehead atoms. The van der Waals surface area contributed by atoms with Crippen molar-refractivity contribution in [2.45, 2.75) is 17.5 Å². The second-order valence-corrected chi connectivity index (χ2v) is 7.36. The second kappa shape index (κ2) is 7.96. The quantitative estimate of drug-likeness (QED) is 0.772. The monoisotopic (exact) mass is 406 g/mol. The Bertz CT molecular complexity index is 884. The molecule has 0 radical (unpaired) electrons. The van der Waals surface area contributed by atoms with Crippen LogP contribution in [0, 0.1) is 0 Å². The van der Waals surface area contributed by atoms with Gasteiger partial charge >= 0.3 is 6.18 Å². The molecule has 0 aliphatic carbocycles. The van der Waals surface area contributed by atoms with E-state index in [-0.39, 0.29) is 22.0 Å². The van der Waals surface area contributed by atoms with Gasteiger partial charge in [-0.05, 0) is 29.8 Å². The molecule has 0 aromatic heterocycles. The predicted octanol–water partition coefficient (Wildman–Crippen LogP) is 3.36. The van der Waals surface area contributed by atoms with E-state index < -0.39 is 28.7 Å². The number of rotatable bonds is 6. The molecule has 2 aromatic rings. The number of carbonyl (C=O) groups is 1. The van der Waals surface area contributed by atoms with E-state index in [2.05, 4.69) is 4.72 Å². The SMILES string of the molecule is O=C(Cc1ccc(NS(=O)(=O)c2ccccc2Cl)cc1)NCC(F)(F)F. The maximum atomic E-state index is 12.3. The van der Waals surface area contributed by atoms with Gasteiger partial charge in [0, 0.05) is 5.69 Å². The Morgan fingerprint density at radius 1 is 1.04 bits per heavy atom. The highest BCUT2D eigenvalue weighted by Gasteiger charge is 2.27. The van der Waals surface area contributed by atoms with Crippen molar-refractivity contribution >= 4 is 33.2 Å². The summed E-state index contributed by atoms with van der Waals surface area (Å²) in [5.41, 5.74) is 0.662. The number of carbonyl (C=O) groups excluding carboxylic acids is 1. The van der Waals surface area contributed by atoms with E-state index in [1.54, 1.807) is 11.4 Å². The number of benzene rings is 2. The van der Waals surface area contributed by atoms with Gasteiger partial charge in [-0.2, -0.15) is 13.2 Å². The molecule has 10 heteroatoms. The Morgan fingerprint density at radius 3 is 2.23 bits per heavy atom. The van der Waals surface area contributed by atoms with Crippen LogP contribution in [0.1, 0.15) is 5.56 Å². The summed E-state index contributed by atoms with van der Waals surface area (Å²) in [5.74, 6) is -0.785. The molecule has 2 N–H and O–H groups in total. The minimum absolute atomic E-state index is 0.0676.